The first-order chi connectivity index (χ1) is 4.37. The van der Waals surface area contributed by atoms with Crippen LogP contribution in [0.25, 0.3) is 0 Å². The lowest BCUT2D eigenvalue weighted by Gasteiger charge is -1.96. The van der Waals surface area contributed by atoms with Crippen LogP contribution in [0.5, 0.6) is 0 Å². The van der Waals surface area contributed by atoms with Crippen LogP contribution in [0.15, 0.2) is 12.2 Å². The summed E-state index contributed by atoms with van der Waals surface area (Å²) in [5.41, 5.74) is 5.09. The van der Waals surface area contributed by atoms with E-state index in [4.69, 9.17) is 20.7 Å². The van der Waals surface area contributed by atoms with Crippen LogP contribution >= 0.6 is 0 Å². The number of primary amides is 1. The minimum absolute atomic E-state index is 0.398. The SMILES string of the molecule is C=C(C)C(N)=O.O=C([O-])[O-]. The van der Waals surface area contributed by atoms with Crippen LogP contribution in [0.2, 0.25) is 0 Å². The van der Waals surface area contributed by atoms with E-state index in [0.29, 0.717) is 5.57 Å². The number of carboxylic acid groups (broad SMARTS) is 2. The van der Waals surface area contributed by atoms with E-state index in [1.807, 2.05) is 0 Å². The van der Waals surface area contributed by atoms with Crippen molar-refractivity contribution >= 4 is 12.1 Å². The van der Waals surface area contributed by atoms with E-state index >= 15 is 0 Å². The zero-order chi connectivity index (χ0) is 8.73. The molecule has 0 heterocycles. The van der Waals surface area contributed by atoms with E-state index in [-0.39, 0.29) is 0 Å². The van der Waals surface area contributed by atoms with Crippen LogP contribution in [0.3, 0.4) is 0 Å². The summed E-state index contributed by atoms with van der Waals surface area (Å²) in [4.78, 5) is 18.2. The normalized spacial score (nSPS) is 6.90. The maximum atomic E-state index is 9.82. The van der Waals surface area contributed by atoms with E-state index in [9.17, 15) is 4.79 Å². The predicted octanol–water partition coefficient (Wildman–Crippen LogP) is -2.40. The molecule has 0 aromatic heterocycles. The Morgan fingerprint density at radius 3 is 1.50 bits per heavy atom. The minimum Gasteiger partial charge on any atom is -0.652 e. The lowest BCUT2D eigenvalue weighted by Crippen LogP contribution is -2.37. The molecule has 0 rings (SSSR count). The van der Waals surface area contributed by atoms with E-state index in [1.165, 1.54) is 0 Å². The number of nitrogens with two attached hydrogens (primary N) is 1. The molecule has 5 heteroatoms. The van der Waals surface area contributed by atoms with Crippen molar-refractivity contribution in [2.45, 2.75) is 6.92 Å². The highest BCUT2D eigenvalue weighted by Gasteiger charge is 1.86. The van der Waals surface area contributed by atoms with Gasteiger partial charge in [0.25, 0.3) is 0 Å². The summed E-state index contributed by atoms with van der Waals surface area (Å²) < 4.78 is 0. The van der Waals surface area contributed by atoms with Gasteiger partial charge in [-0.1, -0.05) is 6.58 Å². The number of amides is 1. The highest BCUT2D eigenvalue weighted by Crippen LogP contribution is 1.78. The minimum atomic E-state index is -2.33. The molecule has 0 aromatic rings. The van der Waals surface area contributed by atoms with E-state index in [0.717, 1.165) is 0 Å². The number of hydrogen-bond donors (Lipinski definition) is 1. The summed E-state index contributed by atoms with van der Waals surface area (Å²) in [5, 5.41) is 16.7. The van der Waals surface area contributed by atoms with Crippen molar-refractivity contribution in [3.8, 4) is 0 Å². The molecule has 0 aliphatic carbocycles. The Kier molecular flexibility index (Phi) is 6.34. The molecule has 0 atom stereocenters. The summed E-state index contributed by atoms with van der Waals surface area (Å²) >= 11 is 0. The van der Waals surface area contributed by atoms with E-state index in [1.54, 1.807) is 6.92 Å². The molecule has 0 radical (unpaired) electrons. The first kappa shape index (κ1) is 11.3. The maximum absolute atomic E-state index is 9.82. The molecular weight excluding hydrogens is 138 g/mol. The van der Waals surface area contributed by atoms with Crippen LogP contribution in [0.1, 0.15) is 6.92 Å². The molecule has 5 nitrogen and oxygen atoms in total. The van der Waals surface area contributed by atoms with Gasteiger partial charge in [-0.25, -0.2) is 0 Å². The standard InChI is InChI=1S/C4H7NO.CH2O3/c1-3(2)4(5)6;2-1(3)4/h1H2,2H3,(H2,5,6);(H2,2,3,4)/p-2. The molecule has 0 saturated carbocycles. The van der Waals surface area contributed by atoms with Crippen LogP contribution in [-0.4, -0.2) is 12.1 Å². The highest BCUT2D eigenvalue weighted by atomic mass is 16.6. The van der Waals surface area contributed by atoms with Crippen LogP contribution in [-0.2, 0) is 4.79 Å². The molecule has 0 aromatic carbocycles. The largest absolute Gasteiger partial charge is 0.652 e. The van der Waals surface area contributed by atoms with Gasteiger partial charge in [0.1, 0.15) is 0 Å². The molecule has 0 saturated heterocycles. The molecule has 2 N–H and O–H groups in total. The molecule has 0 aliphatic rings. The van der Waals surface area contributed by atoms with Gasteiger partial charge in [0.05, 0.1) is 0 Å². The van der Waals surface area contributed by atoms with Gasteiger partial charge in [-0.2, -0.15) is 0 Å². The van der Waals surface area contributed by atoms with Crippen molar-refractivity contribution in [2.24, 2.45) is 5.73 Å². The van der Waals surface area contributed by atoms with Crippen molar-refractivity contribution in [3.63, 3.8) is 0 Å². The van der Waals surface area contributed by atoms with Gasteiger partial charge in [-0.3, -0.25) is 4.79 Å². The van der Waals surface area contributed by atoms with Crippen LogP contribution in [0, 0.1) is 0 Å². The molecule has 0 fully saturated rings. The second-order valence-corrected chi connectivity index (χ2v) is 1.39. The molecule has 0 unspecified atom stereocenters. The zero-order valence-corrected chi connectivity index (χ0v) is 5.42. The Bertz CT molecular complexity index is 136. The molecule has 0 spiro atoms. The number of carbonyl (C=O) groups excluding carboxylic acids is 2. The van der Waals surface area contributed by atoms with Gasteiger partial charge in [-0.15, -0.1) is 0 Å². The first-order valence-corrected chi connectivity index (χ1v) is 2.21. The monoisotopic (exact) mass is 145 g/mol. The Balaban J connectivity index is 0. The smallest absolute Gasteiger partial charge is 0.243 e. The van der Waals surface area contributed by atoms with Gasteiger partial charge < -0.3 is 20.7 Å². The van der Waals surface area contributed by atoms with Crippen molar-refractivity contribution in [3.05, 3.63) is 12.2 Å². The second kappa shape index (κ2) is 5.61. The third-order valence-corrected chi connectivity index (χ3v) is 0.421. The summed E-state index contributed by atoms with van der Waals surface area (Å²) in [6.07, 6.45) is -2.33. The van der Waals surface area contributed by atoms with Gasteiger partial charge in [0.15, 0.2) is 0 Å². The van der Waals surface area contributed by atoms with E-state index < -0.39 is 12.1 Å². The Labute approximate surface area is 57.8 Å². The fourth-order valence-electron chi connectivity index (χ4n) is 0. The number of carbonyl (C=O) groups is 2. The lowest BCUT2D eigenvalue weighted by molar-refractivity contribution is -0.415. The topological polar surface area (TPSA) is 106 Å². The average molecular weight is 145 g/mol. The van der Waals surface area contributed by atoms with Gasteiger partial charge >= 0.3 is 0 Å². The fourth-order valence-corrected chi connectivity index (χ4v) is 0. The number of hydrogen-bond acceptors (Lipinski definition) is 4. The third kappa shape index (κ3) is 31.6. The summed E-state index contributed by atoms with van der Waals surface area (Å²) in [7, 11) is 0. The molecule has 1 amide bonds. The second-order valence-electron chi connectivity index (χ2n) is 1.39. The quantitative estimate of drug-likeness (QED) is 0.415. The van der Waals surface area contributed by atoms with Crippen molar-refractivity contribution in [2.75, 3.05) is 0 Å². The fraction of sp³-hybridized carbons (Fsp3) is 0.200. The summed E-state index contributed by atoms with van der Waals surface area (Å²) in [6.45, 7) is 4.85. The van der Waals surface area contributed by atoms with E-state index in [2.05, 4.69) is 6.58 Å². The average Bonchev–Trinajstić information content (AvgIpc) is 1.63. The zero-order valence-electron chi connectivity index (χ0n) is 5.42. The van der Waals surface area contributed by atoms with Gasteiger partial charge in [0.2, 0.25) is 5.91 Å². The Morgan fingerprint density at radius 1 is 1.40 bits per heavy atom. The summed E-state index contributed by atoms with van der Waals surface area (Å²) in [5.74, 6) is -0.435. The van der Waals surface area contributed by atoms with Crippen molar-refractivity contribution in [1.82, 2.24) is 0 Å². The molecule has 10 heavy (non-hydrogen) atoms. The maximum Gasteiger partial charge on any atom is 0.243 e. The third-order valence-electron chi connectivity index (χ3n) is 0.421. The molecule has 0 aliphatic heterocycles. The summed E-state index contributed by atoms with van der Waals surface area (Å²) in [6, 6.07) is 0. The molecule has 58 valence electrons. The lowest BCUT2D eigenvalue weighted by atomic mass is 10.3. The van der Waals surface area contributed by atoms with Crippen LogP contribution < -0.4 is 15.9 Å². The van der Waals surface area contributed by atoms with Crippen molar-refractivity contribution in [1.29, 1.82) is 0 Å². The Hall–Kier alpha value is -1.52. The van der Waals surface area contributed by atoms with Crippen molar-refractivity contribution < 1.29 is 19.8 Å². The number of rotatable bonds is 1. The highest BCUT2D eigenvalue weighted by molar-refractivity contribution is 5.90. The van der Waals surface area contributed by atoms with Crippen LogP contribution in [0.4, 0.5) is 4.79 Å². The van der Waals surface area contributed by atoms with Gasteiger partial charge in [0, 0.05) is 5.57 Å². The first-order valence-electron chi connectivity index (χ1n) is 2.21. The molecular formula is C5H7NO4-2. The predicted molar refractivity (Wildman–Crippen MR) is 29.4 cm³/mol. The van der Waals surface area contributed by atoms with Gasteiger partial charge in [-0.05, 0) is 13.1 Å². The Morgan fingerprint density at radius 2 is 1.50 bits per heavy atom. The molecule has 0 bridgehead atoms.